The molecule has 0 bridgehead atoms. The molecule has 1 aliphatic rings. The van der Waals surface area contributed by atoms with Gasteiger partial charge in [0.15, 0.2) is 0 Å². The average molecular weight is 345 g/mol. The molecule has 1 fully saturated rings. The Balaban J connectivity index is 1.96. The second-order valence-corrected chi connectivity index (χ2v) is 5.68. The molecule has 0 radical (unpaired) electrons. The number of amides is 1. The predicted molar refractivity (Wildman–Crippen MR) is 83.8 cm³/mol. The molecule has 134 valence electrons. The van der Waals surface area contributed by atoms with Gasteiger partial charge in [-0.3, -0.25) is 9.69 Å². The van der Waals surface area contributed by atoms with Gasteiger partial charge in [-0.05, 0) is 17.7 Å². The summed E-state index contributed by atoms with van der Waals surface area (Å²) < 4.78 is 44.8. The molecule has 1 aliphatic heterocycles. The summed E-state index contributed by atoms with van der Waals surface area (Å²) in [7, 11) is 1.56. The third-order valence-electron chi connectivity index (χ3n) is 3.95. The molecule has 0 spiro atoms. The van der Waals surface area contributed by atoms with Crippen molar-refractivity contribution in [2.24, 2.45) is 0 Å². The third-order valence-corrected chi connectivity index (χ3v) is 3.95. The van der Waals surface area contributed by atoms with Gasteiger partial charge >= 0.3 is 6.18 Å². The molecule has 1 amide bonds. The Bertz CT molecular complexity index is 528. The minimum Gasteiger partial charge on any atom is -0.380 e. The van der Waals surface area contributed by atoms with Crippen LogP contribution in [0.2, 0.25) is 0 Å². The first-order valence-corrected chi connectivity index (χ1v) is 7.79. The fourth-order valence-corrected chi connectivity index (χ4v) is 2.66. The van der Waals surface area contributed by atoms with Gasteiger partial charge < -0.3 is 15.4 Å². The molecule has 0 aromatic heterocycles. The van der Waals surface area contributed by atoms with E-state index in [0.29, 0.717) is 38.3 Å². The number of nitrogens with zero attached hydrogens (tertiary/aromatic N) is 1. The lowest BCUT2D eigenvalue weighted by atomic mass is 10.1. The van der Waals surface area contributed by atoms with Crippen molar-refractivity contribution in [3.63, 3.8) is 0 Å². The number of ether oxygens (including phenoxy) is 1. The predicted octanol–water partition coefficient (Wildman–Crippen LogP) is 1.40. The van der Waals surface area contributed by atoms with E-state index in [1.54, 1.807) is 31.4 Å². The first kappa shape index (κ1) is 18.7. The van der Waals surface area contributed by atoms with E-state index in [1.807, 2.05) is 0 Å². The third kappa shape index (κ3) is 5.19. The molecule has 1 saturated heterocycles. The Morgan fingerprint density at radius 1 is 1.29 bits per heavy atom. The number of benzene rings is 1. The van der Waals surface area contributed by atoms with E-state index >= 15 is 0 Å². The minimum absolute atomic E-state index is 0.311. The van der Waals surface area contributed by atoms with E-state index in [4.69, 9.17) is 4.74 Å². The van der Waals surface area contributed by atoms with Gasteiger partial charge in [0, 0.05) is 45.4 Å². The fourth-order valence-electron chi connectivity index (χ4n) is 2.66. The quantitative estimate of drug-likeness (QED) is 0.818. The van der Waals surface area contributed by atoms with Crippen molar-refractivity contribution >= 4 is 5.91 Å². The molecule has 1 aromatic rings. The average Bonchev–Trinajstić information content (AvgIpc) is 2.55. The lowest BCUT2D eigenvalue weighted by Crippen LogP contribution is -2.57. The van der Waals surface area contributed by atoms with Crippen LogP contribution in [0.15, 0.2) is 24.3 Å². The molecule has 2 rings (SSSR count). The zero-order valence-electron chi connectivity index (χ0n) is 13.5. The molecular formula is C16H22F3N3O2. The number of alkyl halides is 3. The van der Waals surface area contributed by atoms with E-state index in [-0.39, 0.29) is 0 Å². The first-order chi connectivity index (χ1) is 11.4. The molecule has 8 heteroatoms. The highest BCUT2D eigenvalue weighted by atomic mass is 19.4. The number of methoxy groups -OCH3 is 1. The number of rotatable bonds is 6. The van der Waals surface area contributed by atoms with E-state index in [1.165, 1.54) is 4.90 Å². The van der Waals surface area contributed by atoms with Crippen molar-refractivity contribution in [3.8, 4) is 0 Å². The van der Waals surface area contributed by atoms with Crippen LogP contribution < -0.4 is 10.6 Å². The summed E-state index contributed by atoms with van der Waals surface area (Å²) in [6, 6.07) is 4.93. The van der Waals surface area contributed by atoms with E-state index in [2.05, 4.69) is 10.6 Å². The second-order valence-electron chi connectivity index (χ2n) is 5.68. The second kappa shape index (κ2) is 8.46. The summed E-state index contributed by atoms with van der Waals surface area (Å²) in [4.78, 5) is 13.4. The summed E-state index contributed by atoms with van der Waals surface area (Å²) in [6.07, 6.45) is -4.38. The highest BCUT2D eigenvalue weighted by Crippen LogP contribution is 2.24. The Morgan fingerprint density at radius 2 is 1.92 bits per heavy atom. The fraction of sp³-hybridized carbons (Fsp3) is 0.562. The van der Waals surface area contributed by atoms with Gasteiger partial charge in [-0.25, -0.2) is 0 Å². The normalized spacial score (nSPS) is 17.5. The Hall–Kier alpha value is -1.64. The zero-order chi connectivity index (χ0) is 17.6. The number of halogens is 3. The van der Waals surface area contributed by atoms with Crippen LogP contribution in [-0.4, -0.2) is 62.9 Å². The molecule has 0 aliphatic carbocycles. The van der Waals surface area contributed by atoms with Crippen LogP contribution in [0.25, 0.3) is 0 Å². The highest BCUT2D eigenvalue weighted by molar-refractivity contribution is 5.94. The van der Waals surface area contributed by atoms with Crippen molar-refractivity contribution in [2.45, 2.75) is 18.8 Å². The molecule has 1 unspecified atom stereocenters. The van der Waals surface area contributed by atoms with Crippen LogP contribution in [0.3, 0.4) is 0 Å². The summed E-state index contributed by atoms with van der Waals surface area (Å²) in [5.41, 5.74) is 1.22. The van der Waals surface area contributed by atoms with Crippen LogP contribution >= 0.6 is 0 Å². The van der Waals surface area contributed by atoms with Crippen LogP contribution in [0.1, 0.15) is 15.9 Å². The van der Waals surface area contributed by atoms with Crippen LogP contribution in [0.5, 0.6) is 0 Å². The van der Waals surface area contributed by atoms with Crippen molar-refractivity contribution in [3.05, 3.63) is 35.4 Å². The number of nitrogens with one attached hydrogen (secondary N) is 2. The largest absolute Gasteiger partial charge is 0.405 e. The summed E-state index contributed by atoms with van der Waals surface area (Å²) >= 11 is 0. The van der Waals surface area contributed by atoms with E-state index < -0.39 is 24.7 Å². The molecule has 24 heavy (non-hydrogen) atoms. The Kier molecular flexibility index (Phi) is 6.59. The van der Waals surface area contributed by atoms with Gasteiger partial charge in [-0.15, -0.1) is 0 Å². The number of hydrogen-bond acceptors (Lipinski definition) is 4. The van der Waals surface area contributed by atoms with Gasteiger partial charge in [-0.2, -0.15) is 13.2 Å². The maximum Gasteiger partial charge on any atom is 0.405 e. The van der Waals surface area contributed by atoms with E-state index in [0.717, 1.165) is 5.56 Å². The van der Waals surface area contributed by atoms with Gasteiger partial charge in [0.05, 0.1) is 6.61 Å². The summed E-state index contributed by atoms with van der Waals surface area (Å²) in [6.45, 7) is 1.61. The summed E-state index contributed by atoms with van der Waals surface area (Å²) in [5.74, 6) is -0.511. The maximum atomic E-state index is 13.3. The zero-order valence-corrected chi connectivity index (χ0v) is 13.5. The number of piperazine rings is 1. The molecule has 1 aromatic carbocycles. The van der Waals surface area contributed by atoms with Crippen molar-refractivity contribution in [1.82, 2.24) is 15.5 Å². The van der Waals surface area contributed by atoms with Gasteiger partial charge in [0.1, 0.15) is 6.04 Å². The van der Waals surface area contributed by atoms with Crippen molar-refractivity contribution < 1.29 is 22.7 Å². The SMILES string of the molecule is COCc1ccc(C(=O)NCC(N2CCNCC2)C(F)(F)F)cc1. The summed E-state index contributed by atoms with van der Waals surface area (Å²) in [5, 5.41) is 5.42. The molecule has 5 nitrogen and oxygen atoms in total. The maximum absolute atomic E-state index is 13.3. The standard InChI is InChI=1S/C16H22F3N3O2/c1-24-11-12-2-4-13(5-3-12)15(23)21-10-14(16(17,18)19)22-8-6-20-7-9-22/h2-5,14,20H,6-11H2,1H3,(H,21,23). The Labute approximate surface area is 139 Å². The van der Waals surface area contributed by atoms with E-state index in [9.17, 15) is 18.0 Å². The number of carbonyl (C=O) groups excluding carboxylic acids is 1. The van der Waals surface area contributed by atoms with Crippen molar-refractivity contribution in [1.29, 1.82) is 0 Å². The molecule has 0 saturated carbocycles. The molecular weight excluding hydrogens is 323 g/mol. The Morgan fingerprint density at radius 3 is 2.46 bits per heavy atom. The topological polar surface area (TPSA) is 53.6 Å². The number of carbonyl (C=O) groups is 1. The smallest absolute Gasteiger partial charge is 0.380 e. The van der Waals surface area contributed by atoms with Crippen molar-refractivity contribution in [2.75, 3.05) is 39.8 Å². The van der Waals surface area contributed by atoms with Gasteiger partial charge in [0.25, 0.3) is 5.91 Å². The van der Waals surface area contributed by atoms with Gasteiger partial charge in [-0.1, -0.05) is 12.1 Å². The highest BCUT2D eigenvalue weighted by Gasteiger charge is 2.43. The first-order valence-electron chi connectivity index (χ1n) is 7.79. The van der Waals surface area contributed by atoms with Crippen LogP contribution in [0, 0.1) is 0 Å². The van der Waals surface area contributed by atoms with Gasteiger partial charge in [0.2, 0.25) is 0 Å². The van der Waals surface area contributed by atoms with Crippen LogP contribution in [0.4, 0.5) is 13.2 Å². The molecule has 1 atom stereocenters. The lowest BCUT2D eigenvalue weighted by molar-refractivity contribution is -0.183. The lowest BCUT2D eigenvalue weighted by Gasteiger charge is -2.35. The number of hydrogen-bond donors (Lipinski definition) is 2. The monoisotopic (exact) mass is 345 g/mol. The minimum atomic E-state index is -4.38. The van der Waals surface area contributed by atoms with Crippen LogP contribution in [-0.2, 0) is 11.3 Å². The molecule has 2 N–H and O–H groups in total. The molecule has 1 heterocycles.